The molecule has 0 spiro atoms. The summed E-state index contributed by atoms with van der Waals surface area (Å²) in [5.74, 6) is -0.168. The molecule has 0 N–H and O–H groups in total. The van der Waals surface area contributed by atoms with Gasteiger partial charge in [0.2, 0.25) is 15.9 Å². The van der Waals surface area contributed by atoms with Crippen molar-refractivity contribution in [3.63, 3.8) is 0 Å². The van der Waals surface area contributed by atoms with E-state index in [4.69, 9.17) is 0 Å². The fourth-order valence-electron chi connectivity index (χ4n) is 2.71. The first-order valence-corrected chi connectivity index (χ1v) is 9.94. The van der Waals surface area contributed by atoms with Crippen LogP contribution in [0.15, 0.2) is 24.3 Å². The smallest absolute Gasteiger partial charge is 0.340 e. The van der Waals surface area contributed by atoms with Gasteiger partial charge >= 0.3 is 6.18 Å². The van der Waals surface area contributed by atoms with Gasteiger partial charge in [-0.15, -0.1) is 0 Å². The molecule has 1 aromatic rings. The maximum atomic E-state index is 12.7. The van der Waals surface area contributed by atoms with Gasteiger partial charge in [-0.1, -0.05) is 0 Å². The van der Waals surface area contributed by atoms with Gasteiger partial charge in [0.25, 0.3) is 0 Å². The van der Waals surface area contributed by atoms with Crippen molar-refractivity contribution in [2.75, 3.05) is 50.3 Å². The summed E-state index contributed by atoms with van der Waals surface area (Å²) in [4.78, 5) is 16.1. The monoisotopic (exact) mass is 393 g/mol. The lowest BCUT2D eigenvalue weighted by Crippen LogP contribution is -2.48. The van der Waals surface area contributed by atoms with Crippen LogP contribution in [0, 0.1) is 0 Å². The Hall–Kier alpha value is -1.81. The molecule has 0 aromatic heterocycles. The zero-order chi connectivity index (χ0) is 19.5. The van der Waals surface area contributed by atoms with Crippen LogP contribution < -0.4 is 4.31 Å². The number of hydrogen-bond acceptors (Lipinski definition) is 4. The number of alkyl halides is 3. The van der Waals surface area contributed by atoms with Crippen molar-refractivity contribution in [3.05, 3.63) is 29.8 Å². The highest BCUT2D eigenvalue weighted by molar-refractivity contribution is 7.92. The quantitative estimate of drug-likeness (QED) is 0.763. The van der Waals surface area contributed by atoms with E-state index in [2.05, 4.69) is 4.90 Å². The van der Waals surface area contributed by atoms with Crippen LogP contribution in [0.5, 0.6) is 0 Å². The summed E-state index contributed by atoms with van der Waals surface area (Å²) in [5, 5.41) is 0. The fraction of sp³-hybridized carbons (Fsp3) is 0.562. The molecule has 1 heterocycles. The van der Waals surface area contributed by atoms with Crippen molar-refractivity contribution in [2.45, 2.75) is 12.6 Å². The number of benzene rings is 1. The second kappa shape index (κ2) is 7.83. The number of carbonyl (C=O) groups is 1. The molecule has 2 rings (SSSR count). The van der Waals surface area contributed by atoms with E-state index in [0.717, 1.165) is 47.9 Å². The molecule has 1 aromatic carbocycles. The number of rotatable bonds is 5. The molecule has 0 aliphatic carbocycles. The van der Waals surface area contributed by atoms with Crippen LogP contribution in [-0.2, 0) is 21.0 Å². The summed E-state index contributed by atoms with van der Waals surface area (Å²) < 4.78 is 63.0. The average molecular weight is 393 g/mol. The molecule has 0 unspecified atom stereocenters. The van der Waals surface area contributed by atoms with Crippen LogP contribution >= 0.6 is 0 Å². The van der Waals surface area contributed by atoms with Gasteiger partial charge in [-0.25, -0.2) is 8.42 Å². The highest BCUT2D eigenvalue weighted by Gasteiger charge is 2.30. The van der Waals surface area contributed by atoms with E-state index in [9.17, 15) is 26.4 Å². The largest absolute Gasteiger partial charge is 0.416 e. The first-order chi connectivity index (χ1) is 12.0. The van der Waals surface area contributed by atoms with E-state index in [1.54, 1.807) is 4.90 Å². The number of anilines is 1. The van der Waals surface area contributed by atoms with Crippen molar-refractivity contribution < 1.29 is 26.4 Å². The van der Waals surface area contributed by atoms with Crippen LogP contribution in [0.1, 0.15) is 12.0 Å². The number of nitrogens with zero attached hydrogens (tertiary/aromatic N) is 3. The maximum Gasteiger partial charge on any atom is 0.416 e. The molecule has 146 valence electrons. The lowest BCUT2D eigenvalue weighted by molar-refractivity contribution is -0.137. The molecule has 0 saturated carbocycles. The topological polar surface area (TPSA) is 60.9 Å². The predicted octanol–water partition coefficient (Wildman–Crippen LogP) is 1.64. The Kier molecular flexibility index (Phi) is 6.17. The molecule has 1 fully saturated rings. The Bertz CT molecular complexity index is 727. The number of sulfonamides is 1. The molecule has 1 amide bonds. The van der Waals surface area contributed by atoms with Crippen LogP contribution in [0.25, 0.3) is 0 Å². The minimum absolute atomic E-state index is 0.0300. The Balaban J connectivity index is 2.07. The first kappa shape index (κ1) is 20.5. The summed E-state index contributed by atoms with van der Waals surface area (Å²) in [6.07, 6.45) is -3.56. The Morgan fingerprint density at radius 3 is 2.12 bits per heavy atom. The Morgan fingerprint density at radius 2 is 1.65 bits per heavy atom. The highest BCUT2D eigenvalue weighted by Crippen LogP contribution is 2.31. The van der Waals surface area contributed by atoms with Gasteiger partial charge in [-0.2, -0.15) is 13.2 Å². The zero-order valence-electron chi connectivity index (χ0n) is 14.7. The summed E-state index contributed by atoms with van der Waals surface area (Å²) in [6, 6.07) is 3.86. The van der Waals surface area contributed by atoms with E-state index in [0.29, 0.717) is 13.1 Å². The first-order valence-electron chi connectivity index (χ1n) is 8.10. The van der Waals surface area contributed by atoms with Crippen molar-refractivity contribution in [3.8, 4) is 0 Å². The third kappa shape index (κ3) is 5.34. The van der Waals surface area contributed by atoms with Crippen LogP contribution in [0.2, 0.25) is 0 Å². The van der Waals surface area contributed by atoms with Gasteiger partial charge in [0.05, 0.1) is 17.5 Å². The van der Waals surface area contributed by atoms with Gasteiger partial charge < -0.3 is 9.80 Å². The number of amides is 1. The number of carbonyl (C=O) groups excluding carboxylic acids is 1. The summed E-state index contributed by atoms with van der Waals surface area (Å²) in [6.45, 7) is 2.54. The molecular formula is C16H22F3N3O3S. The molecule has 26 heavy (non-hydrogen) atoms. The standard InChI is InChI=1S/C16H22F3N3O3S/c1-20-9-11-21(12-10-20)15(23)7-8-22(26(2,24)25)14-5-3-13(4-6-14)16(17,18)19/h3-6H,7-12H2,1-2H3. The van der Waals surface area contributed by atoms with Crippen molar-refractivity contribution in [2.24, 2.45) is 0 Å². The molecule has 1 aliphatic heterocycles. The number of likely N-dealkylation sites (N-methyl/N-ethyl adjacent to an activating group) is 1. The second-order valence-electron chi connectivity index (χ2n) is 6.31. The van der Waals surface area contributed by atoms with Crippen LogP contribution in [-0.4, -0.2) is 70.2 Å². The minimum atomic E-state index is -4.49. The fourth-order valence-corrected chi connectivity index (χ4v) is 3.64. The Labute approximate surface area is 151 Å². The van der Waals surface area contributed by atoms with Crippen molar-refractivity contribution >= 4 is 21.6 Å². The van der Waals surface area contributed by atoms with Gasteiger partial charge in [-0.3, -0.25) is 9.10 Å². The SMILES string of the molecule is CN1CCN(C(=O)CCN(c2ccc(C(F)(F)F)cc2)S(C)(=O)=O)CC1. The molecular weight excluding hydrogens is 371 g/mol. The van der Waals surface area contributed by atoms with Crippen molar-refractivity contribution in [1.82, 2.24) is 9.80 Å². The van der Waals surface area contributed by atoms with E-state index in [1.807, 2.05) is 7.05 Å². The predicted molar refractivity (Wildman–Crippen MR) is 92.3 cm³/mol. The van der Waals surface area contributed by atoms with Crippen molar-refractivity contribution in [1.29, 1.82) is 0 Å². The Morgan fingerprint density at radius 1 is 1.12 bits per heavy atom. The molecule has 0 bridgehead atoms. The second-order valence-corrected chi connectivity index (χ2v) is 8.22. The molecule has 1 aliphatic rings. The van der Waals surface area contributed by atoms with Gasteiger partial charge in [0.1, 0.15) is 0 Å². The van der Waals surface area contributed by atoms with E-state index in [1.165, 1.54) is 0 Å². The zero-order valence-corrected chi connectivity index (χ0v) is 15.5. The number of piperazine rings is 1. The summed E-state index contributed by atoms with van der Waals surface area (Å²) in [5.41, 5.74) is -0.755. The molecule has 0 radical (unpaired) electrons. The average Bonchev–Trinajstić information content (AvgIpc) is 2.54. The van der Waals surface area contributed by atoms with Gasteiger partial charge in [0, 0.05) is 39.1 Å². The summed E-state index contributed by atoms with van der Waals surface area (Å²) >= 11 is 0. The molecule has 6 nitrogen and oxygen atoms in total. The van der Waals surface area contributed by atoms with Crippen LogP contribution in [0.3, 0.4) is 0 Å². The van der Waals surface area contributed by atoms with E-state index in [-0.39, 0.29) is 24.6 Å². The lowest BCUT2D eigenvalue weighted by atomic mass is 10.2. The molecule has 10 heteroatoms. The summed E-state index contributed by atoms with van der Waals surface area (Å²) in [7, 11) is -1.77. The normalized spacial score (nSPS) is 16.6. The maximum absolute atomic E-state index is 12.7. The molecule has 0 atom stereocenters. The van der Waals surface area contributed by atoms with Gasteiger partial charge in [-0.05, 0) is 31.3 Å². The van der Waals surface area contributed by atoms with Crippen LogP contribution in [0.4, 0.5) is 18.9 Å². The third-order valence-corrected chi connectivity index (χ3v) is 5.46. The number of halogens is 3. The van der Waals surface area contributed by atoms with E-state index >= 15 is 0 Å². The minimum Gasteiger partial charge on any atom is -0.340 e. The van der Waals surface area contributed by atoms with E-state index < -0.39 is 21.8 Å². The molecule has 1 saturated heterocycles. The third-order valence-electron chi connectivity index (χ3n) is 4.27. The lowest BCUT2D eigenvalue weighted by Gasteiger charge is -2.33. The highest BCUT2D eigenvalue weighted by atomic mass is 32.2. The number of hydrogen-bond donors (Lipinski definition) is 0. The van der Waals surface area contributed by atoms with Gasteiger partial charge in [0.15, 0.2) is 0 Å².